The van der Waals surface area contributed by atoms with E-state index in [9.17, 15) is 0 Å². The number of aromatic nitrogens is 1. The van der Waals surface area contributed by atoms with Gasteiger partial charge in [-0.05, 0) is 6.92 Å². The van der Waals surface area contributed by atoms with Gasteiger partial charge in [0, 0.05) is 37.3 Å². The van der Waals surface area contributed by atoms with E-state index in [1.54, 1.807) is 0 Å². The zero-order valence-corrected chi connectivity index (χ0v) is 11.2. The number of hydrogen-bond donors (Lipinski definition) is 1. The summed E-state index contributed by atoms with van der Waals surface area (Å²) in [6, 6.07) is 12.7. The van der Waals surface area contributed by atoms with Crippen molar-refractivity contribution < 1.29 is 4.52 Å². The van der Waals surface area contributed by atoms with E-state index in [1.165, 1.54) is 0 Å². The Bertz CT molecular complexity index is 523. The van der Waals surface area contributed by atoms with Crippen molar-refractivity contribution in [3.8, 4) is 11.3 Å². The molecule has 0 amide bonds. The molecular weight excluding hydrogens is 238 g/mol. The Labute approximate surface area is 113 Å². The van der Waals surface area contributed by atoms with Crippen LogP contribution in [0.2, 0.25) is 0 Å². The molecule has 1 aromatic heterocycles. The van der Waals surface area contributed by atoms with Crippen molar-refractivity contribution in [3.63, 3.8) is 0 Å². The molecule has 0 saturated carbocycles. The minimum atomic E-state index is 0.541. The van der Waals surface area contributed by atoms with Crippen molar-refractivity contribution in [2.45, 2.75) is 19.5 Å². The highest BCUT2D eigenvalue weighted by Crippen LogP contribution is 2.20. The molecular formula is C15H19N3O. The molecule has 3 rings (SSSR count). The highest BCUT2D eigenvalue weighted by atomic mass is 16.5. The van der Waals surface area contributed by atoms with Gasteiger partial charge in [0.25, 0.3) is 0 Å². The first kappa shape index (κ1) is 12.4. The molecule has 4 heteroatoms. The van der Waals surface area contributed by atoms with E-state index < -0.39 is 0 Å². The zero-order valence-electron chi connectivity index (χ0n) is 11.2. The molecule has 1 atom stereocenters. The summed E-state index contributed by atoms with van der Waals surface area (Å²) in [4.78, 5) is 2.42. The largest absolute Gasteiger partial charge is 0.359 e. The monoisotopic (exact) mass is 257 g/mol. The lowest BCUT2D eigenvalue weighted by Gasteiger charge is -2.32. The first-order valence-electron chi connectivity index (χ1n) is 6.79. The number of rotatable bonds is 3. The number of benzene rings is 1. The van der Waals surface area contributed by atoms with Gasteiger partial charge in [0.15, 0.2) is 5.76 Å². The second-order valence-corrected chi connectivity index (χ2v) is 5.07. The summed E-state index contributed by atoms with van der Waals surface area (Å²) in [5.41, 5.74) is 2.02. The molecule has 0 aliphatic carbocycles. The van der Waals surface area contributed by atoms with Gasteiger partial charge in [-0.15, -0.1) is 0 Å². The third-order valence-corrected chi connectivity index (χ3v) is 3.63. The minimum absolute atomic E-state index is 0.541. The van der Waals surface area contributed by atoms with E-state index in [1.807, 2.05) is 24.3 Å². The molecule has 4 nitrogen and oxygen atoms in total. The number of nitrogens with zero attached hydrogens (tertiary/aromatic N) is 2. The van der Waals surface area contributed by atoms with Gasteiger partial charge in [0.1, 0.15) is 5.69 Å². The zero-order chi connectivity index (χ0) is 13.1. The molecule has 1 aliphatic heterocycles. The first-order chi connectivity index (χ1) is 9.33. The van der Waals surface area contributed by atoms with Crippen LogP contribution in [0.5, 0.6) is 0 Å². The molecule has 0 spiro atoms. The van der Waals surface area contributed by atoms with Crippen LogP contribution in [0.25, 0.3) is 11.3 Å². The Hall–Kier alpha value is -1.65. The SMILES string of the molecule is CC1CNCCN1Cc1cc(-c2ccccc2)no1. The Morgan fingerprint density at radius 2 is 2.21 bits per heavy atom. The average Bonchev–Trinajstić information content (AvgIpc) is 2.91. The Kier molecular flexibility index (Phi) is 3.62. The first-order valence-corrected chi connectivity index (χ1v) is 6.79. The van der Waals surface area contributed by atoms with Crippen LogP contribution in [0.3, 0.4) is 0 Å². The summed E-state index contributed by atoms with van der Waals surface area (Å²) >= 11 is 0. The number of hydrogen-bond acceptors (Lipinski definition) is 4. The highest BCUT2D eigenvalue weighted by molar-refractivity contribution is 5.58. The van der Waals surface area contributed by atoms with Crippen LogP contribution in [0.4, 0.5) is 0 Å². The number of nitrogens with one attached hydrogen (secondary N) is 1. The van der Waals surface area contributed by atoms with E-state index in [4.69, 9.17) is 4.52 Å². The number of piperazine rings is 1. The molecule has 2 heterocycles. The van der Waals surface area contributed by atoms with Crippen LogP contribution < -0.4 is 5.32 Å². The molecule has 0 bridgehead atoms. The Morgan fingerprint density at radius 1 is 1.37 bits per heavy atom. The standard InChI is InChI=1S/C15H19N3O/c1-12-10-16-7-8-18(12)11-14-9-15(17-19-14)13-5-3-2-4-6-13/h2-6,9,12,16H,7-8,10-11H2,1H3. The topological polar surface area (TPSA) is 41.3 Å². The maximum atomic E-state index is 5.46. The summed E-state index contributed by atoms with van der Waals surface area (Å²) in [6.07, 6.45) is 0. The fourth-order valence-corrected chi connectivity index (χ4v) is 2.45. The maximum Gasteiger partial charge on any atom is 0.151 e. The Morgan fingerprint density at radius 3 is 3.00 bits per heavy atom. The molecule has 100 valence electrons. The van der Waals surface area contributed by atoms with Gasteiger partial charge >= 0.3 is 0 Å². The van der Waals surface area contributed by atoms with Crippen LogP contribution in [-0.2, 0) is 6.54 Å². The summed E-state index contributed by atoms with van der Waals surface area (Å²) in [5.74, 6) is 0.938. The lowest BCUT2D eigenvalue weighted by molar-refractivity contribution is 0.149. The van der Waals surface area contributed by atoms with Crippen molar-refractivity contribution in [1.29, 1.82) is 0 Å². The van der Waals surface area contributed by atoms with Crippen LogP contribution >= 0.6 is 0 Å². The van der Waals surface area contributed by atoms with Crippen LogP contribution in [-0.4, -0.2) is 35.7 Å². The van der Waals surface area contributed by atoms with Crippen molar-refractivity contribution >= 4 is 0 Å². The van der Waals surface area contributed by atoms with Gasteiger partial charge in [-0.25, -0.2) is 0 Å². The van der Waals surface area contributed by atoms with Gasteiger partial charge in [-0.2, -0.15) is 0 Å². The summed E-state index contributed by atoms with van der Waals surface area (Å²) in [7, 11) is 0. The molecule has 1 unspecified atom stereocenters. The lowest BCUT2D eigenvalue weighted by Crippen LogP contribution is -2.49. The van der Waals surface area contributed by atoms with Gasteiger partial charge in [0.2, 0.25) is 0 Å². The van der Waals surface area contributed by atoms with Crippen molar-refractivity contribution in [2.75, 3.05) is 19.6 Å². The smallest absolute Gasteiger partial charge is 0.151 e. The van der Waals surface area contributed by atoms with Crippen LogP contribution in [0, 0.1) is 0 Å². The fraction of sp³-hybridized carbons (Fsp3) is 0.400. The molecule has 1 aromatic carbocycles. The summed E-state index contributed by atoms with van der Waals surface area (Å²) in [5, 5.41) is 7.55. The van der Waals surface area contributed by atoms with E-state index >= 15 is 0 Å². The molecule has 1 fully saturated rings. The molecule has 0 radical (unpaired) electrons. The fourth-order valence-electron chi connectivity index (χ4n) is 2.45. The third-order valence-electron chi connectivity index (χ3n) is 3.63. The average molecular weight is 257 g/mol. The van der Waals surface area contributed by atoms with Crippen molar-refractivity contribution in [1.82, 2.24) is 15.4 Å². The van der Waals surface area contributed by atoms with Crippen LogP contribution in [0.1, 0.15) is 12.7 Å². The predicted molar refractivity (Wildman–Crippen MR) is 74.7 cm³/mol. The molecule has 1 saturated heterocycles. The van der Waals surface area contributed by atoms with E-state index in [2.05, 4.69) is 34.4 Å². The highest BCUT2D eigenvalue weighted by Gasteiger charge is 2.19. The second-order valence-electron chi connectivity index (χ2n) is 5.07. The predicted octanol–water partition coefficient (Wildman–Crippen LogP) is 2.14. The van der Waals surface area contributed by atoms with E-state index in [-0.39, 0.29) is 0 Å². The van der Waals surface area contributed by atoms with Gasteiger partial charge in [-0.1, -0.05) is 35.5 Å². The maximum absolute atomic E-state index is 5.46. The molecule has 1 aliphatic rings. The van der Waals surface area contributed by atoms with Crippen LogP contribution in [0.15, 0.2) is 40.9 Å². The third kappa shape index (κ3) is 2.85. The lowest BCUT2D eigenvalue weighted by atomic mass is 10.1. The molecule has 19 heavy (non-hydrogen) atoms. The Balaban J connectivity index is 1.71. The van der Waals surface area contributed by atoms with Gasteiger partial charge in [-0.3, -0.25) is 4.90 Å². The van der Waals surface area contributed by atoms with E-state index in [0.29, 0.717) is 6.04 Å². The van der Waals surface area contributed by atoms with E-state index in [0.717, 1.165) is 43.2 Å². The quantitative estimate of drug-likeness (QED) is 0.914. The van der Waals surface area contributed by atoms with Gasteiger partial charge < -0.3 is 9.84 Å². The minimum Gasteiger partial charge on any atom is -0.359 e. The molecule has 1 N–H and O–H groups in total. The summed E-state index contributed by atoms with van der Waals surface area (Å²) in [6.45, 7) is 6.22. The van der Waals surface area contributed by atoms with Gasteiger partial charge in [0.05, 0.1) is 6.54 Å². The second kappa shape index (κ2) is 5.55. The molecule has 2 aromatic rings. The normalized spacial score (nSPS) is 20.6. The summed E-state index contributed by atoms with van der Waals surface area (Å²) < 4.78 is 5.46. The van der Waals surface area contributed by atoms with Crippen molar-refractivity contribution in [2.24, 2.45) is 0 Å². The van der Waals surface area contributed by atoms with Crippen molar-refractivity contribution in [3.05, 3.63) is 42.2 Å².